The molecule has 0 saturated heterocycles. The van der Waals surface area contributed by atoms with Gasteiger partial charge >= 0.3 is 6.03 Å². The predicted molar refractivity (Wildman–Crippen MR) is 71.5 cm³/mol. The first kappa shape index (κ1) is 15.0. The SMILES string of the molecule is CC(C)n1cc(CNC(=O)CNC(=O)N(C)C)cn1. The summed E-state index contributed by atoms with van der Waals surface area (Å²) in [6.45, 7) is 4.44. The van der Waals surface area contributed by atoms with Gasteiger partial charge in [-0.1, -0.05) is 0 Å². The maximum Gasteiger partial charge on any atom is 0.317 e. The van der Waals surface area contributed by atoms with Gasteiger partial charge in [-0.15, -0.1) is 0 Å². The first-order valence-electron chi connectivity index (χ1n) is 6.15. The Morgan fingerprint density at radius 2 is 2.05 bits per heavy atom. The average Bonchev–Trinajstić information content (AvgIpc) is 2.82. The van der Waals surface area contributed by atoms with Gasteiger partial charge in [0.15, 0.2) is 0 Å². The van der Waals surface area contributed by atoms with E-state index in [4.69, 9.17) is 0 Å². The van der Waals surface area contributed by atoms with Gasteiger partial charge in [0.1, 0.15) is 0 Å². The summed E-state index contributed by atoms with van der Waals surface area (Å²) in [7, 11) is 3.24. The molecule has 1 aromatic rings. The van der Waals surface area contributed by atoms with Crippen molar-refractivity contribution in [2.45, 2.75) is 26.4 Å². The molecule has 1 rings (SSSR count). The number of aromatic nitrogens is 2. The van der Waals surface area contributed by atoms with E-state index in [1.165, 1.54) is 4.90 Å². The van der Waals surface area contributed by atoms with E-state index in [1.807, 2.05) is 24.7 Å². The van der Waals surface area contributed by atoms with Gasteiger partial charge in [-0.3, -0.25) is 9.48 Å². The molecule has 0 bridgehead atoms. The van der Waals surface area contributed by atoms with Crippen LogP contribution in [0.25, 0.3) is 0 Å². The van der Waals surface area contributed by atoms with Crippen LogP contribution < -0.4 is 10.6 Å². The standard InChI is InChI=1S/C12H21N5O2/c1-9(2)17-8-10(6-15-17)5-13-11(18)7-14-12(19)16(3)4/h6,8-9H,5,7H2,1-4H3,(H,13,18)(H,14,19). The number of carbonyl (C=O) groups is 2. The zero-order valence-electron chi connectivity index (χ0n) is 11.8. The molecule has 0 saturated carbocycles. The third kappa shape index (κ3) is 4.99. The lowest BCUT2D eigenvalue weighted by Crippen LogP contribution is -2.41. The Bertz CT molecular complexity index is 439. The van der Waals surface area contributed by atoms with Crippen molar-refractivity contribution in [2.75, 3.05) is 20.6 Å². The van der Waals surface area contributed by atoms with Gasteiger partial charge in [-0.25, -0.2) is 4.79 Å². The number of amides is 3. The molecule has 0 aliphatic rings. The first-order chi connectivity index (χ1) is 8.90. The molecule has 7 heteroatoms. The molecule has 0 aliphatic heterocycles. The van der Waals surface area contributed by atoms with Gasteiger partial charge in [0.05, 0.1) is 12.7 Å². The monoisotopic (exact) mass is 267 g/mol. The van der Waals surface area contributed by atoms with Gasteiger partial charge < -0.3 is 15.5 Å². The van der Waals surface area contributed by atoms with Crippen molar-refractivity contribution >= 4 is 11.9 Å². The van der Waals surface area contributed by atoms with Crippen LogP contribution in [-0.2, 0) is 11.3 Å². The second-order valence-electron chi connectivity index (χ2n) is 4.75. The minimum atomic E-state index is -0.289. The van der Waals surface area contributed by atoms with Crippen molar-refractivity contribution in [2.24, 2.45) is 0 Å². The topological polar surface area (TPSA) is 79.3 Å². The van der Waals surface area contributed by atoms with Crippen molar-refractivity contribution in [3.05, 3.63) is 18.0 Å². The molecular formula is C12H21N5O2. The van der Waals surface area contributed by atoms with Crippen molar-refractivity contribution in [3.63, 3.8) is 0 Å². The fourth-order valence-electron chi connectivity index (χ4n) is 1.33. The highest BCUT2D eigenvalue weighted by Crippen LogP contribution is 2.04. The third-order valence-corrected chi connectivity index (χ3v) is 2.48. The molecular weight excluding hydrogens is 246 g/mol. The highest BCUT2D eigenvalue weighted by Gasteiger charge is 2.07. The summed E-state index contributed by atoms with van der Waals surface area (Å²) in [6.07, 6.45) is 3.61. The van der Waals surface area contributed by atoms with Gasteiger partial charge in [0.2, 0.25) is 5.91 Å². The summed E-state index contributed by atoms with van der Waals surface area (Å²) in [4.78, 5) is 24.1. The number of nitrogens with one attached hydrogen (secondary N) is 2. The number of carbonyl (C=O) groups excluding carboxylic acids is 2. The molecule has 1 aromatic heterocycles. The Hall–Kier alpha value is -2.05. The second kappa shape index (κ2) is 6.77. The van der Waals surface area contributed by atoms with Crippen LogP contribution in [-0.4, -0.2) is 47.3 Å². The van der Waals surface area contributed by atoms with Crippen molar-refractivity contribution in [1.29, 1.82) is 0 Å². The van der Waals surface area contributed by atoms with Gasteiger partial charge in [0, 0.05) is 38.4 Å². The molecule has 0 aliphatic carbocycles. The van der Waals surface area contributed by atoms with E-state index in [-0.39, 0.29) is 18.5 Å². The Kier molecular flexibility index (Phi) is 5.35. The van der Waals surface area contributed by atoms with Crippen LogP contribution in [0.1, 0.15) is 25.5 Å². The van der Waals surface area contributed by atoms with E-state index in [1.54, 1.807) is 20.3 Å². The van der Waals surface area contributed by atoms with Crippen LogP contribution >= 0.6 is 0 Å². The Morgan fingerprint density at radius 1 is 1.37 bits per heavy atom. The molecule has 106 valence electrons. The Morgan fingerprint density at radius 3 is 2.58 bits per heavy atom. The Balaban J connectivity index is 2.31. The van der Waals surface area contributed by atoms with Gasteiger partial charge in [0.25, 0.3) is 0 Å². The van der Waals surface area contributed by atoms with Crippen LogP contribution in [0.4, 0.5) is 4.79 Å². The van der Waals surface area contributed by atoms with E-state index >= 15 is 0 Å². The molecule has 1 heterocycles. The lowest BCUT2D eigenvalue weighted by atomic mass is 10.3. The van der Waals surface area contributed by atoms with Crippen molar-refractivity contribution < 1.29 is 9.59 Å². The molecule has 0 aromatic carbocycles. The zero-order valence-corrected chi connectivity index (χ0v) is 11.8. The molecule has 0 unspecified atom stereocenters. The maximum atomic E-state index is 11.5. The number of urea groups is 1. The summed E-state index contributed by atoms with van der Waals surface area (Å²) in [5.74, 6) is -0.229. The van der Waals surface area contributed by atoms with Crippen LogP contribution in [0.5, 0.6) is 0 Å². The summed E-state index contributed by atoms with van der Waals surface area (Å²) in [5, 5.41) is 9.40. The molecule has 0 atom stereocenters. The highest BCUT2D eigenvalue weighted by atomic mass is 16.2. The van der Waals surface area contributed by atoms with Crippen LogP contribution in [0, 0.1) is 0 Å². The summed E-state index contributed by atoms with van der Waals surface area (Å²) in [6, 6.07) is 0.00612. The first-order valence-corrected chi connectivity index (χ1v) is 6.15. The van der Waals surface area contributed by atoms with E-state index in [2.05, 4.69) is 15.7 Å². The maximum absolute atomic E-state index is 11.5. The largest absolute Gasteiger partial charge is 0.350 e. The smallest absolute Gasteiger partial charge is 0.317 e. The number of nitrogens with zero attached hydrogens (tertiary/aromatic N) is 3. The number of hydrogen-bond acceptors (Lipinski definition) is 3. The quantitative estimate of drug-likeness (QED) is 0.808. The van der Waals surface area contributed by atoms with Crippen molar-refractivity contribution in [3.8, 4) is 0 Å². The summed E-state index contributed by atoms with van der Waals surface area (Å²) >= 11 is 0. The lowest BCUT2D eigenvalue weighted by Gasteiger charge is -2.11. The minimum Gasteiger partial charge on any atom is -0.350 e. The van der Waals surface area contributed by atoms with E-state index in [0.29, 0.717) is 12.6 Å². The fraction of sp³-hybridized carbons (Fsp3) is 0.583. The molecule has 19 heavy (non-hydrogen) atoms. The van der Waals surface area contributed by atoms with Crippen molar-refractivity contribution in [1.82, 2.24) is 25.3 Å². The number of hydrogen-bond donors (Lipinski definition) is 2. The average molecular weight is 267 g/mol. The normalized spacial score (nSPS) is 10.4. The molecule has 7 nitrogen and oxygen atoms in total. The molecule has 0 spiro atoms. The predicted octanol–water partition coefficient (Wildman–Crippen LogP) is 0.351. The third-order valence-electron chi connectivity index (χ3n) is 2.48. The van der Waals surface area contributed by atoms with Crippen LogP contribution in [0.2, 0.25) is 0 Å². The van der Waals surface area contributed by atoms with Gasteiger partial charge in [-0.05, 0) is 13.8 Å². The molecule has 3 amide bonds. The molecule has 0 fully saturated rings. The lowest BCUT2D eigenvalue weighted by molar-refractivity contribution is -0.120. The van der Waals surface area contributed by atoms with Crippen LogP contribution in [0.3, 0.4) is 0 Å². The zero-order chi connectivity index (χ0) is 14.4. The minimum absolute atomic E-state index is 0.0324. The molecule has 2 N–H and O–H groups in total. The van der Waals surface area contributed by atoms with E-state index in [9.17, 15) is 9.59 Å². The number of rotatable bonds is 5. The second-order valence-corrected chi connectivity index (χ2v) is 4.75. The molecule has 0 radical (unpaired) electrons. The summed E-state index contributed by atoms with van der Waals surface area (Å²) < 4.78 is 1.83. The Labute approximate surface area is 113 Å². The van der Waals surface area contributed by atoms with Crippen LogP contribution in [0.15, 0.2) is 12.4 Å². The van der Waals surface area contributed by atoms with Gasteiger partial charge in [-0.2, -0.15) is 5.10 Å². The summed E-state index contributed by atoms with van der Waals surface area (Å²) in [5.41, 5.74) is 0.931. The highest BCUT2D eigenvalue weighted by molar-refractivity contribution is 5.83. The fourth-order valence-corrected chi connectivity index (χ4v) is 1.33. The van der Waals surface area contributed by atoms with E-state index < -0.39 is 0 Å². The van der Waals surface area contributed by atoms with E-state index in [0.717, 1.165) is 5.56 Å².